The highest BCUT2D eigenvalue weighted by Crippen LogP contribution is 2.22. The van der Waals surface area contributed by atoms with Gasteiger partial charge in [0.05, 0.1) is 6.04 Å². The van der Waals surface area contributed by atoms with E-state index in [9.17, 15) is 4.79 Å². The number of ether oxygens (including phenoxy) is 1. The van der Waals surface area contributed by atoms with Crippen molar-refractivity contribution in [3.63, 3.8) is 0 Å². The minimum Gasteiger partial charge on any atom is -0.468 e. The zero-order valence-electron chi connectivity index (χ0n) is 12.3. The lowest BCUT2D eigenvalue weighted by Gasteiger charge is -2.22. The molecule has 5 heteroatoms. The van der Waals surface area contributed by atoms with Gasteiger partial charge in [-0.15, -0.1) is 0 Å². The van der Waals surface area contributed by atoms with Crippen molar-refractivity contribution in [2.75, 3.05) is 6.61 Å². The Kier molecular flexibility index (Phi) is 5.01. The maximum atomic E-state index is 12.5. The normalized spacial score (nSPS) is 19.1. The van der Waals surface area contributed by atoms with Crippen molar-refractivity contribution in [3.8, 4) is 0 Å². The molecule has 1 aromatic carbocycles. The van der Waals surface area contributed by atoms with Gasteiger partial charge in [0.15, 0.2) is 0 Å². The third-order valence-electron chi connectivity index (χ3n) is 3.55. The van der Waals surface area contributed by atoms with Gasteiger partial charge < -0.3 is 4.74 Å². The molecule has 0 saturated carbocycles. The van der Waals surface area contributed by atoms with Crippen LogP contribution in [0, 0.1) is 5.92 Å². The van der Waals surface area contributed by atoms with E-state index in [0.29, 0.717) is 17.5 Å². The Morgan fingerprint density at radius 1 is 1.43 bits per heavy atom. The van der Waals surface area contributed by atoms with Crippen LogP contribution in [0.25, 0.3) is 5.57 Å². The smallest absolute Gasteiger partial charge is 0.266 e. The zero-order chi connectivity index (χ0) is 15.6. The molecule has 0 unspecified atom stereocenters. The highest BCUT2D eigenvalue weighted by Gasteiger charge is 2.35. The fourth-order valence-electron chi connectivity index (χ4n) is 2.23. The van der Waals surface area contributed by atoms with Crippen LogP contribution in [0.5, 0.6) is 0 Å². The first kappa shape index (κ1) is 16.0. The zero-order valence-corrected chi connectivity index (χ0v) is 13.9. The maximum Gasteiger partial charge on any atom is 0.266 e. The molecule has 3 nitrogen and oxygen atoms in total. The van der Waals surface area contributed by atoms with Crippen LogP contribution in [-0.2, 0) is 9.53 Å². The molecule has 1 fully saturated rings. The molecular weight excluding hydrogens is 306 g/mol. The molecule has 1 aliphatic rings. The predicted octanol–water partition coefficient (Wildman–Crippen LogP) is 3.91. The van der Waals surface area contributed by atoms with Crippen molar-refractivity contribution in [1.29, 1.82) is 0 Å². The van der Waals surface area contributed by atoms with Crippen molar-refractivity contribution in [2.24, 2.45) is 5.92 Å². The average Bonchev–Trinajstić information content (AvgIpc) is 2.81. The number of allylic oxidation sites excluding steroid dienone is 1. The Balaban J connectivity index is 2.21. The Labute approximate surface area is 135 Å². The van der Waals surface area contributed by atoms with E-state index in [1.165, 1.54) is 0 Å². The van der Waals surface area contributed by atoms with E-state index in [1.54, 1.807) is 23.1 Å². The number of thiocarbonyl (C=S) groups is 1. The van der Waals surface area contributed by atoms with Gasteiger partial charge in [0.2, 0.25) is 0 Å². The number of amides is 1. The first-order valence-electron chi connectivity index (χ1n) is 6.84. The Bertz CT molecular complexity index is 580. The molecule has 1 aliphatic heterocycles. The molecule has 112 valence electrons. The van der Waals surface area contributed by atoms with Crippen LogP contribution in [0.4, 0.5) is 0 Å². The molecule has 1 atom stereocenters. The highest BCUT2D eigenvalue weighted by molar-refractivity contribution is 7.80. The van der Waals surface area contributed by atoms with Crippen LogP contribution in [-0.4, -0.2) is 28.6 Å². The van der Waals surface area contributed by atoms with Gasteiger partial charge in [0, 0.05) is 11.1 Å². The summed E-state index contributed by atoms with van der Waals surface area (Å²) in [7, 11) is 0. The van der Waals surface area contributed by atoms with Crippen molar-refractivity contribution in [3.05, 3.63) is 40.9 Å². The fraction of sp³-hybridized carbons (Fsp3) is 0.375. The molecule has 0 bridgehead atoms. The van der Waals surface area contributed by atoms with Crippen LogP contribution in [0.15, 0.2) is 30.3 Å². The van der Waals surface area contributed by atoms with E-state index in [2.05, 4.69) is 13.8 Å². The first-order valence-corrected chi connectivity index (χ1v) is 7.63. The van der Waals surface area contributed by atoms with Gasteiger partial charge in [-0.25, -0.2) is 0 Å². The van der Waals surface area contributed by atoms with Crippen molar-refractivity contribution < 1.29 is 9.53 Å². The van der Waals surface area contributed by atoms with E-state index in [-0.39, 0.29) is 17.1 Å². The molecule has 1 aromatic rings. The summed E-state index contributed by atoms with van der Waals surface area (Å²) in [5.74, 6) is 0.155. The summed E-state index contributed by atoms with van der Waals surface area (Å²) in [4.78, 5) is 14.0. The van der Waals surface area contributed by atoms with Gasteiger partial charge >= 0.3 is 0 Å². The molecule has 1 amide bonds. The Morgan fingerprint density at radius 3 is 2.62 bits per heavy atom. The number of carbonyl (C=O) groups excluding carboxylic acids is 1. The number of nitrogens with zero attached hydrogens (tertiary/aromatic N) is 1. The van der Waals surface area contributed by atoms with Crippen LogP contribution < -0.4 is 0 Å². The maximum absolute atomic E-state index is 12.5. The molecule has 0 spiro atoms. The van der Waals surface area contributed by atoms with Gasteiger partial charge in [-0.2, -0.15) is 0 Å². The summed E-state index contributed by atoms with van der Waals surface area (Å²) in [6, 6.07) is 7.39. The third kappa shape index (κ3) is 3.63. The van der Waals surface area contributed by atoms with Gasteiger partial charge in [-0.1, -0.05) is 37.6 Å². The first-order chi connectivity index (χ1) is 9.90. The van der Waals surface area contributed by atoms with Gasteiger partial charge in [-0.05, 0) is 48.3 Å². The van der Waals surface area contributed by atoms with Crippen LogP contribution in [0.1, 0.15) is 26.3 Å². The second-order valence-corrected chi connectivity index (χ2v) is 6.22. The Hall–Kier alpha value is -1.39. The molecule has 0 radical (unpaired) electrons. The average molecular weight is 324 g/mol. The summed E-state index contributed by atoms with van der Waals surface area (Å²) >= 11 is 11.0. The van der Waals surface area contributed by atoms with E-state index < -0.39 is 0 Å². The van der Waals surface area contributed by atoms with E-state index in [4.69, 9.17) is 28.6 Å². The SMILES string of the molecule is C/C(=C\C(=O)N1C(=S)OC[C@@H]1C(C)C)c1ccc(Cl)cc1. The van der Waals surface area contributed by atoms with Crippen molar-refractivity contribution in [2.45, 2.75) is 26.8 Å². The van der Waals surface area contributed by atoms with Gasteiger partial charge in [0.25, 0.3) is 11.1 Å². The molecule has 0 aliphatic carbocycles. The molecule has 2 rings (SSSR count). The molecule has 0 aromatic heterocycles. The Morgan fingerprint density at radius 2 is 2.05 bits per heavy atom. The third-order valence-corrected chi connectivity index (χ3v) is 4.12. The molecule has 1 heterocycles. The summed E-state index contributed by atoms with van der Waals surface area (Å²) < 4.78 is 5.35. The highest BCUT2D eigenvalue weighted by atomic mass is 35.5. The number of hydrogen-bond donors (Lipinski definition) is 0. The molecular formula is C16H18ClNO2S. The van der Waals surface area contributed by atoms with E-state index in [0.717, 1.165) is 11.1 Å². The number of carbonyl (C=O) groups is 1. The van der Waals surface area contributed by atoms with Crippen molar-refractivity contribution in [1.82, 2.24) is 4.90 Å². The summed E-state index contributed by atoms with van der Waals surface area (Å²) in [5, 5.41) is 0.936. The molecule has 21 heavy (non-hydrogen) atoms. The number of halogens is 1. The molecule has 1 saturated heterocycles. The molecule has 0 N–H and O–H groups in total. The predicted molar refractivity (Wildman–Crippen MR) is 89.1 cm³/mol. The van der Waals surface area contributed by atoms with Gasteiger partial charge in [-0.3, -0.25) is 9.69 Å². The number of rotatable bonds is 3. The number of benzene rings is 1. The minimum absolute atomic E-state index is 0.000678. The van der Waals surface area contributed by atoms with E-state index in [1.807, 2.05) is 19.1 Å². The quantitative estimate of drug-likeness (QED) is 0.624. The summed E-state index contributed by atoms with van der Waals surface area (Å²) in [5.41, 5.74) is 1.83. The lowest BCUT2D eigenvalue weighted by molar-refractivity contribution is -0.123. The standard InChI is InChI=1S/C16H18ClNO2S/c1-10(2)14-9-20-16(21)18(14)15(19)8-11(3)12-4-6-13(17)7-5-12/h4-8,10,14H,9H2,1-3H3/b11-8+/t14-/m1/s1. The van der Waals surface area contributed by atoms with Gasteiger partial charge in [0.1, 0.15) is 6.61 Å². The van der Waals surface area contributed by atoms with Crippen molar-refractivity contribution >= 4 is 40.5 Å². The van der Waals surface area contributed by atoms with Crippen LogP contribution >= 0.6 is 23.8 Å². The summed E-state index contributed by atoms with van der Waals surface area (Å²) in [6.07, 6.45) is 1.60. The van der Waals surface area contributed by atoms with Crippen LogP contribution in [0.2, 0.25) is 5.02 Å². The van der Waals surface area contributed by atoms with Crippen LogP contribution in [0.3, 0.4) is 0 Å². The van der Waals surface area contributed by atoms with E-state index >= 15 is 0 Å². The minimum atomic E-state index is -0.136. The fourth-order valence-corrected chi connectivity index (χ4v) is 2.65. The lowest BCUT2D eigenvalue weighted by atomic mass is 10.0. The monoisotopic (exact) mass is 323 g/mol. The number of hydrogen-bond acceptors (Lipinski definition) is 3. The second-order valence-electron chi connectivity index (χ2n) is 5.43. The lowest BCUT2D eigenvalue weighted by Crippen LogP contribution is -2.40. The topological polar surface area (TPSA) is 29.5 Å². The largest absolute Gasteiger partial charge is 0.468 e. The second kappa shape index (κ2) is 6.58. The summed E-state index contributed by atoms with van der Waals surface area (Å²) in [6.45, 7) is 6.47.